The number of amides is 1. The van der Waals surface area contributed by atoms with Gasteiger partial charge < -0.3 is 20.6 Å². The normalized spacial score (nSPS) is 38.5. The maximum absolute atomic E-state index is 12.9. The zero-order valence-corrected chi connectivity index (χ0v) is 13.0. The van der Waals surface area contributed by atoms with Gasteiger partial charge in [-0.1, -0.05) is 19.8 Å². The van der Waals surface area contributed by atoms with Crippen LogP contribution in [0.25, 0.3) is 0 Å². The van der Waals surface area contributed by atoms with Crippen molar-refractivity contribution in [2.24, 2.45) is 11.7 Å². The molecule has 1 saturated carbocycles. The number of nitrogens with zero attached hydrogens (tertiary/aromatic N) is 2. The second-order valence-electron chi connectivity index (χ2n) is 7.12. The van der Waals surface area contributed by atoms with Gasteiger partial charge in [-0.2, -0.15) is 0 Å². The van der Waals surface area contributed by atoms with Gasteiger partial charge in [-0.3, -0.25) is 4.79 Å². The van der Waals surface area contributed by atoms with E-state index in [-0.39, 0.29) is 11.9 Å². The smallest absolute Gasteiger partial charge is 0.243 e. The van der Waals surface area contributed by atoms with Crippen LogP contribution in [-0.2, 0) is 4.79 Å². The number of rotatable bonds is 3. The topological polar surface area (TPSA) is 69.8 Å². The Morgan fingerprint density at radius 1 is 1.50 bits per heavy atom. The van der Waals surface area contributed by atoms with Crippen LogP contribution in [0.5, 0.6) is 0 Å². The van der Waals surface area contributed by atoms with Crippen molar-refractivity contribution in [3.63, 3.8) is 0 Å². The van der Waals surface area contributed by atoms with E-state index in [4.69, 9.17) is 5.73 Å². The summed E-state index contributed by atoms with van der Waals surface area (Å²) in [6.07, 6.45) is 3.99. The summed E-state index contributed by atoms with van der Waals surface area (Å²) in [4.78, 5) is 16.8. The molecule has 1 heterocycles. The van der Waals surface area contributed by atoms with Gasteiger partial charge in [0, 0.05) is 19.1 Å². The lowest BCUT2D eigenvalue weighted by Gasteiger charge is -2.40. The molecule has 116 valence electrons. The Kier molecular flexibility index (Phi) is 4.72. The van der Waals surface area contributed by atoms with Crippen molar-refractivity contribution >= 4 is 5.91 Å². The zero-order valence-electron chi connectivity index (χ0n) is 13.0. The van der Waals surface area contributed by atoms with Crippen molar-refractivity contribution in [1.82, 2.24) is 9.80 Å². The minimum absolute atomic E-state index is 0.0486. The second kappa shape index (κ2) is 6.00. The quantitative estimate of drug-likeness (QED) is 0.787. The van der Waals surface area contributed by atoms with Crippen LogP contribution in [-0.4, -0.2) is 65.7 Å². The SMILES string of the molecule is CC1CCCC(N)(C(=O)N2CC(O)CC2CN(C)C)C1. The fourth-order valence-electron chi connectivity index (χ4n) is 3.81. The van der Waals surface area contributed by atoms with Gasteiger partial charge in [-0.15, -0.1) is 0 Å². The van der Waals surface area contributed by atoms with E-state index in [1.807, 2.05) is 19.0 Å². The van der Waals surface area contributed by atoms with Crippen LogP contribution in [0, 0.1) is 5.92 Å². The van der Waals surface area contributed by atoms with Gasteiger partial charge >= 0.3 is 0 Å². The van der Waals surface area contributed by atoms with Gasteiger partial charge in [0.1, 0.15) is 0 Å². The summed E-state index contributed by atoms with van der Waals surface area (Å²) in [6.45, 7) is 3.39. The highest BCUT2D eigenvalue weighted by atomic mass is 16.3. The molecule has 0 radical (unpaired) electrons. The molecule has 2 rings (SSSR count). The van der Waals surface area contributed by atoms with Gasteiger partial charge in [0.25, 0.3) is 0 Å². The molecule has 0 aromatic carbocycles. The number of β-amino-alcohol motifs (C(OH)–C–C–N with tert-alkyl or cyclic N) is 1. The molecule has 0 aromatic heterocycles. The van der Waals surface area contributed by atoms with Crippen LogP contribution in [0.2, 0.25) is 0 Å². The van der Waals surface area contributed by atoms with E-state index in [0.717, 1.165) is 32.2 Å². The maximum Gasteiger partial charge on any atom is 0.243 e. The minimum Gasteiger partial charge on any atom is -0.391 e. The Morgan fingerprint density at radius 3 is 2.80 bits per heavy atom. The highest BCUT2D eigenvalue weighted by Gasteiger charge is 2.45. The molecule has 0 aromatic rings. The number of carbonyl (C=O) groups is 1. The van der Waals surface area contributed by atoms with Crippen LogP contribution in [0.4, 0.5) is 0 Å². The second-order valence-corrected chi connectivity index (χ2v) is 7.12. The average Bonchev–Trinajstić information content (AvgIpc) is 2.67. The number of hydrogen-bond donors (Lipinski definition) is 2. The number of hydrogen-bond acceptors (Lipinski definition) is 4. The standard InChI is InChI=1S/C15H29N3O2/c1-11-5-4-6-15(16,8-11)14(20)18-10-13(19)7-12(18)9-17(2)3/h11-13,19H,4-10,16H2,1-3H3. The fourth-order valence-corrected chi connectivity index (χ4v) is 3.81. The lowest BCUT2D eigenvalue weighted by Crippen LogP contribution is -2.59. The summed E-state index contributed by atoms with van der Waals surface area (Å²) in [5.74, 6) is 0.560. The molecular formula is C15H29N3O2. The molecule has 1 saturated heterocycles. The number of likely N-dealkylation sites (tertiary alicyclic amines) is 1. The molecule has 3 N–H and O–H groups in total. The van der Waals surface area contributed by atoms with Crippen molar-refractivity contribution < 1.29 is 9.90 Å². The van der Waals surface area contributed by atoms with Crippen molar-refractivity contribution in [3.05, 3.63) is 0 Å². The molecule has 1 aliphatic heterocycles. The van der Waals surface area contributed by atoms with Gasteiger partial charge in [-0.05, 0) is 39.3 Å². The van der Waals surface area contributed by atoms with E-state index in [2.05, 4.69) is 11.8 Å². The predicted molar refractivity (Wildman–Crippen MR) is 79.2 cm³/mol. The zero-order chi connectivity index (χ0) is 14.9. The first-order valence-corrected chi connectivity index (χ1v) is 7.74. The number of likely N-dealkylation sites (N-methyl/N-ethyl adjacent to an activating group) is 1. The van der Waals surface area contributed by atoms with Crippen molar-refractivity contribution in [2.45, 2.75) is 56.7 Å². The van der Waals surface area contributed by atoms with Gasteiger partial charge in [0.05, 0.1) is 11.6 Å². The fraction of sp³-hybridized carbons (Fsp3) is 0.933. The Balaban J connectivity index is 2.09. The minimum atomic E-state index is -0.716. The summed E-state index contributed by atoms with van der Waals surface area (Å²) >= 11 is 0. The van der Waals surface area contributed by atoms with Crippen LogP contribution >= 0.6 is 0 Å². The van der Waals surface area contributed by atoms with E-state index in [9.17, 15) is 9.90 Å². The first kappa shape index (κ1) is 15.7. The van der Waals surface area contributed by atoms with Crippen molar-refractivity contribution in [2.75, 3.05) is 27.2 Å². The molecule has 1 amide bonds. The molecule has 0 spiro atoms. The van der Waals surface area contributed by atoms with E-state index < -0.39 is 11.6 Å². The third kappa shape index (κ3) is 3.32. The average molecular weight is 283 g/mol. The molecule has 20 heavy (non-hydrogen) atoms. The number of aliphatic hydroxyl groups excluding tert-OH is 1. The van der Waals surface area contributed by atoms with E-state index in [0.29, 0.717) is 18.9 Å². The molecule has 1 aliphatic carbocycles. The van der Waals surface area contributed by atoms with Crippen LogP contribution in [0.15, 0.2) is 0 Å². The Labute approximate surface area is 122 Å². The predicted octanol–water partition coefficient (Wildman–Crippen LogP) is 0.417. The van der Waals surface area contributed by atoms with Crippen LogP contribution < -0.4 is 5.73 Å². The van der Waals surface area contributed by atoms with Crippen LogP contribution in [0.1, 0.15) is 39.0 Å². The summed E-state index contributed by atoms with van der Waals surface area (Å²) in [7, 11) is 3.99. The molecular weight excluding hydrogens is 254 g/mol. The lowest BCUT2D eigenvalue weighted by atomic mass is 9.76. The first-order chi connectivity index (χ1) is 9.32. The third-order valence-corrected chi connectivity index (χ3v) is 4.69. The van der Waals surface area contributed by atoms with Gasteiger partial charge in [0.15, 0.2) is 0 Å². The van der Waals surface area contributed by atoms with Gasteiger partial charge in [0.2, 0.25) is 5.91 Å². The highest BCUT2D eigenvalue weighted by Crippen LogP contribution is 2.33. The van der Waals surface area contributed by atoms with Crippen molar-refractivity contribution in [3.8, 4) is 0 Å². The number of carbonyl (C=O) groups excluding carboxylic acids is 1. The van der Waals surface area contributed by atoms with E-state index in [1.165, 1.54) is 0 Å². The number of aliphatic hydroxyl groups is 1. The van der Waals surface area contributed by atoms with Crippen LogP contribution in [0.3, 0.4) is 0 Å². The number of nitrogens with two attached hydrogens (primary N) is 1. The molecule has 4 atom stereocenters. The largest absolute Gasteiger partial charge is 0.391 e. The molecule has 5 heteroatoms. The Hall–Kier alpha value is -0.650. The molecule has 5 nitrogen and oxygen atoms in total. The summed E-state index contributed by atoms with van der Waals surface area (Å²) in [5, 5.41) is 9.91. The summed E-state index contributed by atoms with van der Waals surface area (Å²) in [5.41, 5.74) is 5.71. The maximum atomic E-state index is 12.9. The summed E-state index contributed by atoms with van der Waals surface area (Å²) < 4.78 is 0. The molecule has 0 bridgehead atoms. The third-order valence-electron chi connectivity index (χ3n) is 4.69. The Morgan fingerprint density at radius 2 is 2.20 bits per heavy atom. The van der Waals surface area contributed by atoms with Crippen molar-refractivity contribution in [1.29, 1.82) is 0 Å². The molecule has 2 aliphatic rings. The highest BCUT2D eigenvalue weighted by molar-refractivity contribution is 5.87. The van der Waals surface area contributed by atoms with E-state index >= 15 is 0 Å². The monoisotopic (exact) mass is 283 g/mol. The lowest BCUT2D eigenvalue weighted by molar-refractivity contribution is -0.140. The summed E-state index contributed by atoms with van der Waals surface area (Å²) in [6, 6.07) is 0.0881. The molecule has 2 fully saturated rings. The Bertz CT molecular complexity index is 361. The first-order valence-electron chi connectivity index (χ1n) is 7.74. The molecule has 4 unspecified atom stereocenters. The van der Waals surface area contributed by atoms with Gasteiger partial charge in [-0.25, -0.2) is 0 Å². The van der Waals surface area contributed by atoms with E-state index in [1.54, 1.807) is 0 Å².